The number of anilines is 2. The summed E-state index contributed by atoms with van der Waals surface area (Å²) in [6.07, 6.45) is 0. The zero-order chi connectivity index (χ0) is 11.7. The first-order chi connectivity index (χ1) is 7.56. The van der Waals surface area contributed by atoms with Crippen LogP contribution in [0.25, 0.3) is 11.4 Å². The fraction of sp³-hybridized carbons (Fsp3) is 0. The number of nitrogen functional groups attached to an aromatic ring is 2. The summed E-state index contributed by atoms with van der Waals surface area (Å²) in [7, 11) is 0. The summed E-state index contributed by atoms with van der Waals surface area (Å²) >= 11 is 3.16. The van der Waals surface area contributed by atoms with E-state index in [4.69, 9.17) is 11.5 Å². The van der Waals surface area contributed by atoms with Crippen molar-refractivity contribution in [2.45, 2.75) is 0 Å². The largest absolute Gasteiger partial charge is 0.368 e. The van der Waals surface area contributed by atoms with Crippen LogP contribution in [0, 0.1) is 5.82 Å². The molecule has 5 nitrogen and oxygen atoms in total. The van der Waals surface area contributed by atoms with E-state index in [2.05, 4.69) is 30.9 Å². The zero-order valence-electron chi connectivity index (χ0n) is 7.98. The first-order valence-corrected chi connectivity index (χ1v) is 5.08. The van der Waals surface area contributed by atoms with Crippen molar-refractivity contribution < 1.29 is 4.39 Å². The topological polar surface area (TPSA) is 90.7 Å². The standard InChI is InChI=1S/C9H7BrFN5/c10-4-1-2-5(6(11)3-4)7-14-8(12)16-9(13)15-7/h1-3H,(H4,12,13,14,15,16). The maximum Gasteiger partial charge on any atom is 0.225 e. The van der Waals surface area contributed by atoms with E-state index < -0.39 is 5.82 Å². The normalized spacial score (nSPS) is 10.4. The molecule has 0 amide bonds. The number of aromatic nitrogens is 3. The Morgan fingerprint density at radius 3 is 2.25 bits per heavy atom. The van der Waals surface area contributed by atoms with Gasteiger partial charge in [0.1, 0.15) is 5.82 Å². The lowest BCUT2D eigenvalue weighted by molar-refractivity contribution is 0.629. The van der Waals surface area contributed by atoms with Gasteiger partial charge in [-0.15, -0.1) is 0 Å². The number of halogens is 2. The molecule has 1 aromatic carbocycles. The summed E-state index contributed by atoms with van der Waals surface area (Å²) in [4.78, 5) is 11.2. The lowest BCUT2D eigenvalue weighted by atomic mass is 10.2. The molecular weight excluding hydrogens is 277 g/mol. The number of hydrogen-bond acceptors (Lipinski definition) is 5. The van der Waals surface area contributed by atoms with Crippen molar-refractivity contribution in [3.05, 3.63) is 28.5 Å². The first kappa shape index (κ1) is 10.7. The van der Waals surface area contributed by atoms with Gasteiger partial charge in [0, 0.05) is 4.47 Å². The second kappa shape index (κ2) is 4.01. The fourth-order valence-corrected chi connectivity index (χ4v) is 1.53. The van der Waals surface area contributed by atoms with Gasteiger partial charge in [-0.1, -0.05) is 15.9 Å². The SMILES string of the molecule is Nc1nc(N)nc(-c2ccc(Br)cc2F)n1. The average Bonchev–Trinajstić information content (AvgIpc) is 2.15. The minimum atomic E-state index is -0.459. The first-order valence-electron chi connectivity index (χ1n) is 4.28. The zero-order valence-corrected chi connectivity index (χ0v) is 9.57. The van der Waals surface area contributed by atoms with Gasteiger partial charge in [-0.05, 0) is 18.2 Å². The van der Waals surface area contributed by atoms with Gasteiger partial charge in [-0.2, -0.15) is 15.0 Å². The van der Waals surface area contributed by atoms with Crippen LogP contribution in [-0.2, 0) is 0 Å². The predicted molar refractivity (Wildman–Crippen MR) is 61.7 cm³/mol. The minimum absolute atomic E-state index is 0.0372. The van der Waals surface area contributed by atoms with E-state index in [0.717, 1.165) is 0 Å². The quantitative estimate of drug-likeness (QED) is 0.830. The van der Waals surface area contributed by atoms with Gasteiger partial charge in [-0.3, -0.25) is 0 Å². The molecule has 7 heteroatoms. The Balaban J connectivity index is 2.58. The van der Waals surface area contributed by atoms with E-state index in [1.54, 1.807) is 6.07 Å². The van der Waals surface area contributed by atoms with Gasteiger partial charge in [0.2, 0.25) is 11.9 Å². The molecule has 0 saturated heterocycles. The van der Waals surface area contributed by atoms with Crippen LogP contribution in [0.5, 0.6) is 0 Å². The lowest BCUT2D eigenvalue weighted by Gasteiger charge is -2.03. The summed E-state index contributed by atoms with van der Waals surface area (Å²) < 4.78 is 14.2. The Hall–Kier alpha value is -1.76. The van der Waals surface area contributed by atoms with Crippen LogP contribution in [0.2, 0.25) is 0 Å². The van der Waals surface area contributed by atoms with Crippen LogP contribution in [0.3, 0.4) is 0 Å². The van der Waals surface area contributed by atoms with E-state index in [-0.39, 0.29) is 23.3 Å². The number of nitrogens with zero attached hydrogens (tertiary/aromatic N) is 3. The second-order valence-electron chi connectivity index (χ2n) is 3.00. The molecule has 2 rings (SSSR count). The number of benzene rings is 1. The molecule has 0 fully saturated rings. The van der Waals surface area contributed by atoms with Crippen molar-refractivity contribution in [1.82, 2.24) is 15.0 Å². The Morgan fingerprint density at radius 1 is 1.06 bits per heavy atom. The molecule has 0 aliphatic carbocycles. The highest BCUT2D eigenvalue weighted by molar-refractivity contribution is 9.10. The molecule has 0 unspecified atom stereocenters. The summed E-state index contributed by atoms with van der Waals surface area (Å²) in [6, 6.07) is 4.52. The molecule has 0 atom stereocenters. The third kappa shape index (κ3) is 2.08. The molecule has 1 aromatic heterocycles. The monoisotopic (exact) mass is 283 g/mol. The van der Waals surface area contributed by atoms with Crippen LogP contribution < -0.4 is 11.5 Å². The molecule has 1 heterocycles. The summed E-state index contributed by atoms with van der Waals surface area (Å²) in [5, 5.41) is 0. The predicted octanol–water partition coefficient (Wildman–Crippen LogP) is 1.60. The van der Waals surface area contributed by atoms with Gasteiger partial charge < -0.3 is 11.5 Å². The Bertz CT molecular complexity index is 525. The highest BCUT2D eigenvalue weighted by Gasteiger charge is 2.10. The fourth-order valence-electron chi connectivity index (χ4n) is 1.20. The van der Waals surface area contributed by atoms with E-state index in [1.165, 1.54) is 12.1 Å². The molecule has 2 aromatic rings. The van der Waals surface area contributed by atoms with Crippen LogP contribution in [0.15, 0.2) is 22.7 Å². The minimum Gasteiger partial charge on any atom is -0.368 e. The summed E-state index contributed by atoms with van der Waals surface area (Å²) in [5.74, 6) is -0.413. The molecule has 0 bridgehead atoms. The van der Waals surface area contributed by atoms with Crippen molar-refractivity contribution in [3.63, 3.8) is 0 Å². The van der Waals surface area contributed by atoms with E-state index in [0.29, 0.717) is 4.47 Å². The molecule has 4 N–H and O–H groups in total. The van der Waals surface area contributed by atoms with Gasteiger partial charge in [0.15, 0.2) is 5.82 Å². The van der Waals surface area contributed by atoms with Crippen molar-refractivity contribution in [2.75, 3.05) is 11.5 Å². The van der Waals surface area contributed by atoms with Crippen molar-refractivity contribution in [3.8, 4) is 11.4 Å². The van der Waals surface area contributed by atoms with Gasteiger partial charge in [0.25, 0.3) is 0 Å². The van der Waals surface area contributed by atoms with Gasteiger partial charge in [-0.25, -0.2) is 4.39 Å². The van der Waals surface area contributed by atoms with Crippen molar-refractivity contribution in [1.29, 1.82) is 0 Å². The van der Waals surface area contributed by atoms with E-state index in [1.807, 2.05) is 0 Å². The number of rotatable bonds is 1. The molecular formula is C9H7BrFN5. The van der Waals surface area contributed by atoms with Crippen molar-refractivity contribution >= 4 is 27.8 Å². The highest BCUT2D eigenvalue weighted by atomic mass is 79.9. The molecule has 0 aliphatic rings. The molecule has 0 saturated carbocycles. The summed E-state index contributed by atoms with van der Waals surface area (Å²) in [6.45, 7) is 0. The van der Waals surface area contributed by atoms with Gasteiger partial charge >= 0.3 is 0 Å². The molecule has 0 radical (unpaired) electrons. The van der Waals surface area contributed by atoms with Crippen LogP contribution >= 0.6 is 15.9 Å². The Kier molecular flexibility index (Phi) is 2.69. The van der Waals surface area contributed by atoms with Crippen LogP contribution in [-0.4, -0.2) is 15.0 Å². The van der Waals surface area contributed by atoms with Gasteiger partial charge in [0.05, 0.1) is 5.56 Å². The number of nitrogens with two attached hydrogens (primary N) is 2. The van der Waals surface area contributed by atoms with Crippen LogP contribution in [0.1, 0.15) is 0 Å². The third-order valence-electron chi connectivity index (χ3n) is 1.84. The summed E-state index contributed by atoms with van der Waals surface area (Å²) in [5.41, 5.74) is 11.0. The maximum atomic E-state index is 13.6. The lowest BCUT2D eigenvalue weighted by Crippen LogP contribution is -2.04. The van der Waals surface area contributed by atoms with Crippen molar-refractivity contribution in [2.24, 2.45) is 0 Å². The van der Waals surface area contributed by atoms with Crippen LogP contribution in [0.4, 0.5) is 16.3 Å². The Labute approximate surface area is 98.9 Å². The second-order valence-corrected chi connectivity index (χ2v) is 3.92. The smallest absolute Gasteiger partial charge is 0.225 e. The van der Waals surface area contributed by atoms with E-state index in [9.17, 15) is 4.39 Å². The molecule has 0 aliphatic heterocycles. The Morgan fingerprint density at radius 2 is 1.69 bits per heavy atom. The molecule has 82 valence electrons. The van der Waals surface area contributed by atoms with E-state index >= 15 is 0 Å². The average molecular weight is 284 g/mol. The third-order valence-corrected chi connectivity index (χ3v) is 2.34. The molecule has 16 heavy (non-hydrogen) atoms. The highest BCUT2D eigenvalue weighted by Crippen LogP contribution is 2.23. The number of hydrogen-bond donors (Lipinski definition) is 2. The molecule has 0 spiro atoms. The maximum absolute atomic E-state index is 13.6.